The molecule has 0 aliphatic carbocycles. The standard InChI is InChI=1S/C30H30F3N5O4/c1-29(2)17-41-10-9-38(29)28(40)19-5-6-24(35-15-19)20-11-21-12-22(42-27(21)23(13-20)30(31,32)33)16-37-26(39)8-4-18-3-7-25(34)36-14-18/h3-8,11-15,26,37,39H,9-10,16-17H2,1-2H3,(H2,34,36)/b8-4+. The van der Waals surface area contributed by atoms with Crippen molar-refractivity contribution in [3.05, 3.63) is 83.4 Å². The Morgan fingerprint density at radius 2 is 2.00 bits per heavy atom. The predicted octanol–water partition coefficient (Wildman–Crippen LogP) is 4.86. The summed E-state index contributed by atoms with van der Waals surface area (Å²) >= 11 is 0. The number of aromatic nitrogens is 2. The Bertz CT molecular complexity index is 1600. The molecule has 4 aromatic rings. The van der Waals surface area contributed by atoms with Crippen molar-refractivity contribution in [3.63, 3.8) is 0 Å². The zero-order valence-electron chi connectivity index (χ0n) is 23.0. The molecule has 1 atom stereocenters. The molecule has 42 heavy (non-hydrogen) atoms. The Kier molecular flexibility index (Phi) is 8.04. The van der Waals surface area contributed by atoms with E-state index in [0.717, 1.165) is 6.07 Å². The third kappa shape index (κ3) is 6.46. The maximum atomic E-state index is 14.1. The summed E-state index contributed by atoms with van der Waals surface area (Å²) in [6.07, 6.45) is 0.227. The van der Waals surface area contributed by atoms with Gasteiger partial charge in [-0.2, -0.15) is 13.2 Å². The third-order valence-electron chi connectivity index (χ3n) is 6.93. The number of nitrogens with one attached hydrogen (secondary N) is 1. The van der Waals surface area contributed by atoms with Gasteiger partial charge in [-0.1, -0.05) is 6.08 Å². The van der Waals surface area contributed by atoms with E-state index in [2.05, 4.69) is 15.3 Å². The van der Waals surface area contributed by atoms with Crippen molar-refractivity contribution < 1.29 is 32.2 Å². The molecule has 1 aliphatic heterocycles. The summed E-state index contributed by atoms with van der Waals surface area (Å²) in [6.45, 7) is 5.06. The SMILES string of the molecule is CC1(C)COCCN1C(=O)c1ccc(-c2cc(C(F)(F)F)c3oc(CNC(O)/C=C/c4ccc(N)nc4)cc3c2)nc1. The van der Waals surface area contributed by atoms with Crippen LogP contribution in [0.5, 0.6) is 0 Å². The van der Waals surface area contributed by atoms with Crippen molar-refractivity contribution in [1.29, 1.82) is 0 Å². The lowest BCUT2D eigenvalue weighted by molar-refractivity contribution is -0.136. The number of pyridine rings is 2. The summed E-state index contributed by atoms with van der Waals surface area (Å²) in [5.41, 5.74) is 5.35. The number of furan rings is 1. The number of alkyl halides is 3. The van der Waals surface area contributed by atoms with Crippen molar-refractivity contribution in [2.24, 2.45) is 0 Å². The summed E-state index contributed by atoms with van der Waals surface area (Å²) < 4.78 is 53.2. The number of morpholine rings is 1. The number of nitrogens with zero attached hydrogens (tertiary/aromatic N) is 3. The molecule has 0 spiro atoms. The van der Waals surface area contributed by atoms with Crippen LogP contribution in [0.1, 0.15) is 41.1 Å². The quantitative estimate of drug-likeness (QED) is 0.264. The molecule has 3 aromatic heterocycles. The van der Waals surface area contributed by atoms with Crippen molar-refractivity contribution in [2.75, 3.05) is 25.5 Å². The summed E-state index contributed by atoms with van der Waals surface area (Å²) in [7, 11) is 0. The zero-order chi connectivity index (χ0) is 30.1. The fourth-order valence-electron chi connectivity index (χ4n) is 4.72. The first-order valence-corrected chi connectivity index (χ1v) is 13.2. The first kappa shape index (κ1) is 29.2. The van der Waals surface area contributed by atoms with Gasteiger partial charge in [-0.15, -0.1) is 0 Å². The fourth-order valence-corrected chi connectivity index (χ4v) is 4.72. The number of anilines is 1. The molecule has 4 heterocycles. The van der Waals surface area contributed by atoms with Gasteiger partial charge in [0.25, 0.3) is 5.91 Å². The molecular weight excluding hydrogens is 551 g/mol. The van der Waals surface area contributed by atoms with Crippen LogP contribution in [0.25, 0.3) is 28.3 Å². The van der Waals surface area contributed by atoms with Gasteiger partial charge in [-0.3, -0.25) is 15.1 Å². The molecule has 12 heteroatoms. The Hall–Kier alpha value is -4.26. The van der Waals surface area contributed by atoms with Crippen LogP contribution >= 0.6 is 0 Å². The smallest absolute Gasteiger partial charge is 0.420 e. The predicted molar refractivity (Wildman–Crippen MR) is 151 cm³/mol. The number of carbonyl (C=O) groups is 1. The molecule has 1 aromatic carbocycles. The van der Waals surface area contributed by atoms with Crippen LogP contribution in [0.2, 0.25) is 0 Å². The zero-order valence-corrected chi connectivity index (χ0v) is 23.0. The summed E-state index contributed by atoms with van der Waals surface area (Å²) in [4.78, 5) is 23.1. The molecule has 5 rings (SSSR count). The van der Waals surface area contributed by atoms with E-state index >= 15 is 0 Å². The van der Waals surface area contributed by atoms with Gasteiger partial charge in [0.1, 0.15) is 23.4 Å². The number of halogens is 3. The Morgan fingerprint density at radius 3 is 2.67 bits per heavy atom. The molecule has 0 saturated carbocycles. The number of aliphatic hydroxyl groups excluding tert-OH is 1. The molecule has 1 fully saturated rings. The molecule has 4 N–H and O–H groups in total. The summed E-state index contributed by atoms with van der Waals surface area (Å²) in [5, 5.41) is 13.3. The topological polar surface area (TPSA) is 127 Å². The minimum atomic E-state index is -4.69. The van der Waals surface area contributed by atoms with E-state index < -0.39 is 23.5 Å². The number of amides is 1. The number of ether oxygens (including phenoxy) is 1. The first-order chi connectivity index (χ1) is 19.9. The number of nitrogens with two attached hydrogens (primary N) is 1. The van der Waals surface area contributed by atoms with Crippen LogP contribution in [0.15, 0.2) is 65.4 Å². The number of aliphatic hydroxyl groups is 1. The molecule has 0 radical (unpaired) electrons. The van der Waals surface area contributed by atoms with E-state index in [-0.39, 0.29) is 40.4 Å². The highest BCUT2D eigenvalue weighted by Crippen LogP contribution is 2.39. The van der Waals surface area contributed by atoms with Crippen molar-refractivity contribution in [3.8, 4) is 11.3 Å². The van der Waals surface area contributed by atoms with Crippen molar-refractivity contribution in [1.82, 2.24) is 20.2 Å². The average molecular weight is 582 g/mol. The molecule has 1 amide bonds. The van der Waals surface area contributed by atoms with Gasteiger partial charge in [0.15, 0.2) is 0 Å². The molecule has 220 valence electrons. The third-order valence-corrected chi connectivity index (χ3v) is 6.93. The Labute approximate surface area is 239 Å². The fraction of sp³-hybridized carbons (Fsp3) is 0.300. The van der Waals surface area contributed by atoms with Gasteiger partial charge in [0, 0.05) is 29.9 Å². The highest BCUT2D eigenvalue weighted by atomic mass is 19.4. The van der Waals surface area contributed by atoms with Crippen LogP contribution in [-0.2, 0) is 17.5 Å². The number of hydrogen-bond acceptors (Lipinski definition) is 8. The van der Waals surface area contributed by atoms with Crippen molar-refractivity contribution in [2.45, 2.75) is 38.3 Å². The van der Waals surface area contributed by atoms with E-state index in [1.807, 2.05) is 13.8 Å². The maximum Gasteiger partial charge on any atom is 0.420 e. The van der Waals surface area contributed by atoms with E-state index in [1.54, 1.807) is 41.4 Å². The number of benzene rings is 1. The molecule has 1 aliphatic rings. The van der Waals surface area contributed by atoms with Crippen LogP contribution in [0.4, 0.5) is 19.0 Å². The number of hydrogen-bond donors (Lipinski definition) is 3. The number of carbonyl (C=O) groups excluding carboxylic acids is 1. The highest BCUT2D eigenvalue weighted by Gasteiger charge is 2.36. The lowest BCUT2D eigenvalue weighted by Crippen LogP contribution is -2.55. The van der Waals surface area contributed by atoms with E-state index in [0.29, 0.717) is 36.7 Å². The summed E-state index contributed by atoms with van der Waals surface area (Å²) in [5.74, 6) is 0.354. The molecule has 9 nitrogen and oxygen atoms in total. The molecule has 0 bridgehead atoms. The van der Waals surface area contributed by atoms with Gasteiger partial charge in [-0.25, -0.2) is 4.98 Å². The van der Waals surface area contributed by atoms with E-state index in [9.17, 15) is 23.1 Å². The second kappa shape index (κ2) is 11.6. The van der Waals surface area contributed by atoms with Crippen LogP contribution in [0.3, 0.4) is 0 Å². The molecule has 1 saturated heterocycles. The van der Waals surface area contributed by atoms with Crippen LogP contribution in [-0.4, -0.2) is 57.4 Å². The van der Waals surface area contributed by atoms with Gasteiger partial charge in [-0.05, 0) is 68.0 Å². The average Bonchev–Trinajstić information content (AvgIpc) is 3.37. The lowest BCUT2D eigenvalue weighted by atomic mass is 10.0. The summed E-state index contributed by atoms with van der Waals surface area (Å²) in [6, 6.07) is 10.5. The van der Waals surface area contributed by atoms with Crippen molar-refractivity contribution >= 4 is 28.8 Å². The van der Waals surface area contributed by atoms with Gasteiger partial charge >= 0.3 is 6.18 Å². The second-order valence-electron chi connectivity index (χ2n) is 10.6. The first-order valence-electron chi connectivity index (χ1n) is 13.2. The van der Waals surface area contributed by atoms with Gasteiger partial charge < -0.3 is 24.9 Å². The van der Waals surface area contributed by atoms with Gasteiger partial charge in [0.2, 0.25) is 0 Å². The largest absolute Gasteiger partial charge is 0.459 e. The lowest BCUT2D eigenvalue weighted by Gasteiger charge is -2.42. The second-order valence-corrected chi connectivity index (χ2v) is 10.6. The minimum Gasteiger partial charge on any atom is -0.459 e. The van der Waals surface area contributed by atoms with E-state index in [1.165, 1.54) is 24.4 Å². The Morgan fingerprint density at radius 1 is 1.19 bits per heavy atom. The number of nitrogen functional groups attached to an aromatic ring is 1. The minimum absolute atomic E-state index is 0.0280. The van der Waals surface area contributed by atoms with E-state index in [4.69, 9.17) is 14.9 Å². The Balaban J connectivity index is 1.35. The number of fused-ring (bicyclic) bond motifs is 1. The molecule has 1 unspecified atom stereocenters. The molecular formula is C30H30F3N5O4. The number of rotatable bonds is 7. The highest BCUT2D eigenvalue weighted by molar-refractivity contribution is 5.95. The normalized spacial score (nSPS) is 16.3. The van der Waals surface area contributed by atoms with Gasteiger partial charge in [0.05, 0.1) is 42.1 Å². The monoisotopic (exact) mass is 581 g/mol. The van der Waals surface area contributed by atoms with Crippen LogP contribution in [0, 0.1) is 0 Å². The van der Waals surface area contributed by atoms with Crippen LogP contribution < -0.4 is 11.1 Å². The maximum absolute atomic E-state index is 14.1.